The maximum absolute atomic E-state index is 12.4. The van der Waals surface area contributed by atoms with E-state index in [0.29, 0.717) is 29.4 Å². The van der Waals surface area contributed by atoms with Gasteiger partial charge in [0.05, 0.1) is 5.56 Å². The van der Waals surface area contributed by atoms with E-state index in [1.807, 2.05) is 38.1 Å². The highest BCUT2D eigenvalue weighted by Gasteiger charge is 2.27. The summed E-state index contributed by atoms with van der Waals surface area (Å²) in [5.74, 6) is 1.44. The van der Waals surface area contributed by atoms with Crippen molar-refractivity contribution in [2.45, 2.75) is 13.8 Å². The number of benzene rings is 2. The Morgan fingerprint density at radius 1 is 1.26 bits per heavy atom. The fraction of sp³-hybridized carbons (Fsp3) is 0.150. The first kappa shape index (κ1) is 15.1. The number of hydrogen-bond donors (Lipinski definition) is 0. The van der Waals surface area contributed by atoms with E-state index in [-0.39, 0.29) is 5.78 Å². The fourth-order valence-corrected chi connectivity index (χ4v) is 2.35. The van der Waals surface area contributed by atoms with Crippen LogP contribution < -0.4 is 9.47 Å². The predicted octanol–water partition coefficient (Wildman–Crippen LogP) is 4.57. The zero-order valence-corrected chi connectivity index (χ0v) is 13.3. The van der Waals surface area contributed by atoms with E-state index in [2.05, 4.69) is 6.58 Å². The molecule has 3 heteroatoms. The Balaban J connectivity index is 1.87. The molecule has 0 radical (unpaired) electrons. The van der Waals surface area contributed by atoms with Crippen LogP contribution in [-0.4, -0.2) is 12.4 Å². The molecule has 0 N–H and O–H groups in total. The normalized spacial score (nSPS) is 14.5. The quantitative estimate of drug-likeness (QED) is 0.613. The van der Waals surface area contributed by atoms with Crippen molar-refractivity contribution in [1.29, 1.82) is 0 Å². The molecule has 0 aromatic heterocycles. The van der Waals surface area contributed by atoms with Gasteiger partial charge >= 0.3 is 0 Å². The van der Waals surface area contributed by atoms with Crippen LogP contribution in [0.5, 0.6) is 11.5 Å². The molecule has 0 bridgehead atoms. The largest absolute Gasteiger partial charge is 0.489 e. The van der Waals surface area contributed by atoms with Gasteiger partial charge in [0.2, 0.25) is 5.78 Å². The topological polar surface area (TPSA) is 35.5 Å². The number of Topliss-reactive ketones (excluding diaryl/α,β-unsaturated/α-hetero) is 1. The van der Waals surface area contributed by atoms with E-state index in [1.54, 1.807) is 24.3 Å². The van der Waals surface area contributed by atoms with E-state index in [9.17, 15) is 4.79 Å². The second-order valence-electron chi connectivity index (χ2n) is 5.70. The highest BCUT2D eigenvalue weighted by molar-refractivity contribution is 6.14. The van der Waals surface area contributed by atoms with E-state index in [4.69, 9.17) is 9.47 Å². The van der Waals surface area contributed by atoms with Crippen molar-refractivity contribution in [2.75, 3.05) is 6.61 Å². The summed E-state index contributed by atoms with van der Waals surface area (Å²) in [7, 11) is 0. The van der Waals surface area contributed by atoms with Crippen LogP contribution in [0, 0.1) is 6.92 Å². The van der Waals surface area contributed by atoms with Crippen molar-refractivity contribution in [1.82, 2.24) is 0 Å². The highest BCUT2D eigenvalue weighted by Crippen LogP contribution is 2.35. The van der Waals surface area contributed by atoms with Gasteiger partial charge in [-0.25, -0.2) is 0 Å². The molecule has 116 valence electrons. The molecule has 0 atom stereocenters. The second-order valence-corrected chi connectivity index (χ2v) is 5.70. The average molecular weight is 306 g/mol. The van der Waals surface area contributed by atoms with Gasteiger partial charge in [-0.3, -0.25) is 4.79 Å². The monoisotopic (exact) mass is 306 g/mol. The lowest BCUT2D eigenvalue weighted by atomic mass is 10.1. The molecule has 0 fully saturated rings. The van der Waals surface area contributed by atoms with Crippen molar-refractivity contribution in [3.05, 3.63) is 77.1 Å². The van der Waals surface area contributed by atoms with Crippen molar-refractivity contribution < 1.29 is 14.3 Å². The smallest absolute Gasteiger partial charge is 0.231 e. The van der Waals surface area contributed by atoms with E-state index < -0.39 is 0 Å². The Labute approximate surface area is 135 Å². The molecule has 0 spiro atoms. The van der Waals surface area contributed by atoms with Gasteiger partial charge in [0.1, 0.15) is 18.1 Å². The molecule has 23 heavy (non-hydrogen) atoms. The van der Waals surface area contributed by atoms with Gasteiger partial charge in [-0.1, -0.05) is 30.8 Å². The van der Waals surface area contributed by atoms with Crippen molar-refractivity contribution in [3.8, 4) is 11.5 Å². The van der Waals surface area contributed by atoms with Crippen LogP contribution in [0.4, 0.5) is 0 Å². The van der Waals surface area contributed by atoms with Crippen LogP contribution >= 0.6 is 0 Å². The molecule has 1 aliphatic rings. The molecule has 0 unspecified atom stereocenters. The summed E-state index contributed by atoms with van der Waals surface area (Å²) in [4.78, 5) is 12.4. The standard InChI is InChI=1S/C20H18O3/c1-13(2)12-22-16-8-9-17-18(11-16)23-19(20(17)21)10-15-7-5-4-6-14(15)3/h4-11H,1,12H2,2-3H3/b19-10-. The molecule has 3 nitrogen and oxygen atoms in total. The lowest BCUT2D eigenvalue weighted by molar-refractivity contribution is 0.101. The third kappa shape index (κ3) is 3.19. The van der Waals surface area contributed by atoms with Gasteiger partial charge in [0, 0.05) is 6.07 Å². The Kier molecular flexibility index (Phi) is 4.02. The third-order valence-electron chi connectivity index (χ3n) is 3.60. The summed E-state index contributed by atoms with van der Waals surface area (Å²) in [5, 5.41) is 0. The molecule has 0 saturated heterocycles. The zero-order valence-electron chi connectivity index (χ0n) is 13.3. The van der Waals surface area contributed by atoms with Crippen LogP contribution in [0.15, 0.2) is 60.4 Å². The van der Waals surface area contributed by atoms with Crippen molar-refractivity contribution >= 4 is 11.9 Å². The van der Waals surface area contributed by atoms with Gasteiger partial charge < -0.3 is 9.47 Å². The molecular weight excluding hydrogens is 288 g/mol. The summed E-state index contributed by atoms with van der Waals surface area (Å²) in [6.07, 6.45) is 1.78. The first-order chi connectivity index (χ1) is 11.0. The molecule has 3 rings (SSSR count). The Hall–Kier alpha value is -2.81. The third-order valence-corrected chi connectivity index (χ3v) is 3.60. The lowest BCUT2D eigenvalue weighted by Crippen LogP contribution is -1.98. The number of fused-ring (bicyclic) bond motifs is 1. The van der Waals surface area contributed by atoms with Crippen LogP contribution in [0.25, 0.3) is 6.08 Å². The minimum Gasteiger partial charge on any atom is -0.489 e. The van der Waals surface area contributed by atoms with Crippen LogP contribution in [-0.2, 0) is 0 Å². The van der Waals surface area contributed by atoms with Crippen molar-refractivity contribution in [2.24, 2.45) is 0 Å². The molecule has 2 aromatic rings. The number of carbonyl (C=O) groups is 1. The molecule has 1 heterocycles. The van der Waals surface area contributed by atoms with E-state index >= 15 is 0 Å². The zero-order chi connectivity index (χ0) is 16.4. The summed E-state index contributed by atoms with van der Waals surface area (Å²) < 4.78 is 11.3. The van der Waals surface area contributed by atoms with Gasteiger partial charge in [0.25, 0.3) is 0 Å². The molecule has 2 aromatic carbocycles. The maximum Gasteiger partial charge on any atom is 0.231 e. The molecule has 0 saturated carbocycles. The van der Waals surface area contributed by atoms with Crippen LogP contribution in [0.2, 0.25) is 0 Å². The number of aryl methyl sites for hydroxylation is 1. The van der Waals surface area contributed by atoms with Gasteiger partial charge in [-0.05, 0) is 48.8 Å². The fourth-order valence-electron chi connectivity index (χ4n) is 2.35. The number of allylic oxidation sites excluding steroid dienone is 1. The molecule has 0 amide bonds. The number of carbonyl (C=O) groups excluding carboxylic acids is 1. The average Bonchev–Trinajstić information content (AvgIpc) is 2.83. The summed E-state index contributed by atoms with van der Waals surface area (Å²) in [6.45, 7) is 8.15. The Morgan fingerprint density at radius 2 is 2.04 bits per heavy atom. The highest BCUT2D eigenvalue weighted by atomic mass is 16.5. The number of rotatable bonds is 4. The first-order valence-electron chi connectivity index (χ1n) is 7.46. The predicted molar refractivity (Wildman–Crippen MR) is 90.9 cm³/mol. The molecule has 0 aliphatic carbocycles. The number of hydrogen-bond acceptors (Lipinski definition) is 3. The Bertz CT molecular complexity index is 815. The van der Waals surface area contributed by atoms with Crippen LogP contribution in [0.3, 0.4) is 0 Å². The molecule has 1 aliphatic heterocycles. The molecular formula is C20H18O3. The van der Waals surface area contributed by atoms with Gasteiger partial charge in [0.15, 0.2) is 5.76 Å². The van der Waals surface area contributed by atoms with Gasteiger partial charge in [-0.15, -0.1) is 0 Å². The van der Waals surface area contributed by atoms with Gasteiger partial charge in [-0.2, -0.15) is 0 Å². The summed E-state index contributed by atoms with van der Waals surface area (Å²) in [5.41, 5.74) is 3.57. The first-order valence-corrected chi connectivity index (χ1v) is 7.46. The van der Waals surface area contributed by atoms with Crippen LogP contribution in [0.1, 0.15) is 28.4 Å². The second kappa shape index (κ2) is 6.13. The van der Waals surface area contributed by atoms with E-state index in [0.717, 1.165) is 16.7 Å². The Morgan fingerprint density at radius 3 is 2.78 bits per heavy atom. The summed E-state index contributed by atoms with van der Waals surface area (Å²) in [6, 6.07) is 13.1. The number of ether oxygens (including phenoxy) is 2. The SMILES string of the molecule is C=C(C)COc1ccc2c(c1)O/C(=C\c1ccccc1C)C2=O. The maximum atomic E-state index is 12.4. The van der Waals surface area contributed by atoms with E-state index in [1.165, 1.54) is 0 Å². The summed E-state index contributed by atoms with van der Waals surface area (Å²) >= 11 is 0. The van der Waals surface area contributed by atoms with Crippen molar-refractivity contribution in [3.63, 3.8) is 0 Å². The minimum absolute atomic E-state index is 0.102. The minimum atomic E-state index is -0.102. The lowest BCUT2D eigenvalue weighted by Gasteiger charge is -2.06. The number of ketones is 1.